The van der Waals surface area contributed by atoms with E-state index in [4.69, 9.17) is 0 Å². The first-order chi connectivity index (χ1) is 11.6. The van der Waals surface area contributed by atoms with Gasteiger partial charge < -0.3 is 0 Å². The largest absolute Gasteiger partial charge is 0.296 e. The molecule has 3 unspecified atom stereocenters. The molecule has 2 fully saturated rings. The van der Waals surface area contributed by atoms with E-state index in [2.05, 4.69) is 5.32 Å². The molecule has 0 bridgehead atoms. The van der Waals surface area contributed by atoms with E-state index in [1.54, 1.807) is 12.1 Å². The summed E-state index contributed by atoms with van der Waals surface area (Å²) in [4.78, 5) is 24.2. The predicted molar refractivity (Wildman–Crippen MR) is 90.2 cm³/mol. The van der Waals surface area contributed by atoms with Crippen LogP contribution in [0.15, 0.2) is 29.2 Å². The minimum absolute atomic E-state index is 0.0931. The number of imide groups is 1. The Morgan fingerprint density at radius 3 is 1.96 bits per heavy atom. The first-order valence-electron chi connectivity index (χ1n) is 8.65. The van der Waals surface area contributed by atoms with Gasteiger partial charge in [0.05, 0.1) is 4.90 Å². The summed E-state index contributed by atoms with van der Waals surface area (Å²) in [5.74, 6) is -0.111. The average molecular weight is 349 g/mol. The highest BCUT2D eigenvalue weighted by atomic mass is 32.2. The van der Waals surface area contributed by atoms with Crippen LogP contribution >= 0.6 is 0 Å². The Bertz CT molecular complexity index is 687. The highest BCUT2D eigenvalue weighted by molar-refractivity contribution is 7.72. The molecule has 1 aromatic rings. The van der Waals surface area contributed by atoms with E-state index in [1.165, 1.54) is 5.56 Å². The molecule has 3 atom stereocenters. The molecular weight excluding hydrogens is 326 g/mol. The third-order valence-electron chi connectivity index (χ3n) is 5.37. The summed E-state index contributed by atoms with van der Waals surface area (Å²) in [6.07, 6.45) is 6.41. The number of amides is 2. The van der Waals surface area contributed by atoms with Crippen LogP contribution in [0.1, 0.15) is 56.4 Å². The first-order valence-corrected chi connectivity index (χ1v) is 9.83. The molecule has 1 saturated heterocycles. The molecule has 0 aromatic heterocycles. The van der Waals surface area contributed by atoms with E-state index in [0.717, 1.165) is 44.9 Å². The highest BCUT2D eigenvalue weighted by Gasteiger charge is 2.40. The number of carbonyl (C=O) groups is 2. The van der Waals surface area contributed by atoms with Gasteiger partial charge in [-0.15, -0.1) is 0 Å². The summed E-state index contributed by atoms with van der Waals surface area (Å²) in [5, 5.41) is 2.48. The molecule has 130 valence electrons. The van der Waals surface area contributed by atoms with Gasteiger partial charge in [-0.1, -0.05) is 31.4 Å². The number of fused-ring (bicyclic) bond motifs is 1. The lowest BCUT2D eigenvalue weighted by molar-refractivity contribution is -0.126. The van der Waals surface area contributed by atoms with Gasteiger partial charge in [0.25, 0.3) is 0 Å². The Morgan fingerprint density at radius 1 is 0.792 bits per heavy atom. The molecule has 1 N–H and O–H groups in total. The van der Waals surface area contributed by atoms with Gasteiger partial charge in [0.2, 0.25) is 11.8 Å². The molecule has 1 aliphatic heterocycles. The quantitative estimate of drug-likeness (QED) is 0.634. The third-order valence-corrected chi connectivity index (χ3v) is 6.09. The van der Waals surface area contributed by atoms with Gasteiger partial charge in [0.15, 0.2) is 10.7 Å². The second-order valence-electron chi connectivity index (χ2n) is 6.83. The van der Waals surface area contributed by atoms with E-state index < -0.39 is 10.7 Å². The van der Waals surface area contributed by atoms with Crippen molar-refractivity contribution in [3.05, 3.63) is 29.8 Å². The van der Waals surface area contributed by atoms with Gasteiger partial charge in [-0.3, -0.25) is 14.9 Å². The van der Waals surface area contributed by atoms with Crippen molar-refractivity contribution in [2.24, 2.45) is 11.8 Å². The van der Waals surface area contributed by atoms with Crippen molar-refractivity contribution in [3.8, 4) is 0 Å². The third kappa shape index (κ3) is 3.69. The fourth-order valence-electron chi connectivity index (χ4n) is 4.02. The van der Waals surface area contributed by atoms with Crippen molar-refractivity contribution in [3.63, 3.8) is 0 Å². The molecule has 0 spiro atoms. The lowest BCUT2D eigenvalue weighted by Crippen LogP contribution is -2.22. The van der Waals surface area contributed by atoms with Gasteiger partial charge in [-0.05, 0) is 49.3 Å². The second kappa shape index (κ2) is 7.47. The first kappa shape index (κ1) is 17.1. The van der Waals surface area contributed by atoms with Gasteiger partial charge in [-0.25, -0.2) is 8.42 Å². The number of hydrogen-bond donors (Lipinski definition) is 2. The number of thiol groups is 1. The van der Waals surface area contributed by atoms with E-state index in [1.807, 2.05) is 12.1 Å². The SMILES string of the molecule is O=C1NC(=O)C2CCCC(c3ccc([SH](=O)=O)cc3)CCCCC12. The van der Waals surface area contributed by atoms with Gasteiger partial charge >= 0.3 is 0 Å². The standard InChI is InChI=1S/C18H23NO4S/c20-17-15-6-2-1-4-12(5-3-7-16(15)18(21)19-17)13-8-10-14(11-9-13)24(22)23/h8-12,15-16,24H,1-7H2,(H,19,20,21). The lowest BCUT2D eigenvalue weighted by atomic mass is 9.81. The zero-order valence-corrected chi connectivity index (χ0v) is 14.5. The summed E-state index contributed by atoms with van der Waals surface area (Å²) < 4.78 is 22.0. The van der Waals surface area contributed by atoms with E-state index in [9.17, 15) is 18.0 Å². The van der Waals surface area contributed by atoms with Crippen molar-refractivity contribution in [1.82, 2.24) is 5.32 Å². The molecule has 2 amide bonds. The van der Waals surface area contributed by atoms with Crippen molar-refractivity contribution in [2.75, 3.05) is 0 Å². The number of rotatable bonds is 2. The second-order valence-corrected chi connectivity index (χ2v) is 7.86. The topological polar surface area (TPSA) is 80.3 Å². The Morgan fingerprint density at radius 2 is 1.33 bits per heavy atom. The van der Waals surface area contributed by atoms with Crippen LogP contribution in [0.3, 0.4) is 0 Å². The fourth-order valence-corrected chi connectivity index (χ4v) is 4.41. The zero-order valence-electron chi connectivity index (χ0n) is 13.6. The molecule has 1 aromatic carbocycles. The molecule has 24 heavy (non-hydrogen) atoms. The van der Waals surface area contributed by atoms with Crippen molar-refractivity contribution >= 4 is 22.5 Å². The molecule has 6 heteroatoms. The van der Waals surface area contributed by atoms with E-state index in [-0.39, 0.29) is 23.7 Å². The van der Waals surface area contributed by atoms with Crippen LogP contribution in [0.2, 0.25) is 0 Å². The summed E-state index contributed by atoms with van der Waals surface area (Å²) in [5.41, 5.74) is 1.17. The van der Waals surface area contributed by atoms with Crippen molar-refractivity contribution < 1.29 is 18.0 Å². The molecule has 1 saturated carbocycles. The van der Waals surface area contributed by atoms with E-state index >= 15 is 0 Å². The fraction of sp³-hybridized carbons (Fsp3) is 0.556. The number of hydrogen-bond acceptors (Lipinski definition) is 4. The average Bonchev–Trinajstić information content (AvgIpc) is 2.84. The Kier molecular flexibility index (Phi) is 5.33. The summed E-state index contributed by atoms with van der Waals surface area (Å²) in [6.45, 7) is 0. The molecule has 1 aliphatic carbocycles. The minimum Gasteiger partial charge on any atom is -0.296 e. The normalized spacial score (nSPS) is 28.5. The Balaban J connectivity index is 1.69. The molecule has 5 nitrogen and oxygen atoms in total. The van der Waals surface area contributed by atoms with Gasteiger partial charge in [0, 0.05) is 11.8 Å². The smallest absolute Gasteiger partial charge is 0.230 e. The van der Waals surface area contributed by atoms with Crippen LogP contribution < -0.4 is 5.32 Å². The van der Waals surface area contributed by atoms with Gasteiger partial charge in [0.1, 0.15) is 0 Å². The predicted octanol–water partition coefficient (Wildman–Crippen LogP) is 2.37. The summed E-state index contributed by atoms with van der Waals surface area (Å²) >= 11 is 0. The van der Waals surface area contributed by atoms with Gasteiger partial charge in [-0.2, -0.15) is 0 Å². The Hall–Kier alpha value is -1.69. The van der Waals surface area contributed by atoms with Crippen molar-refractivity contribution in [1.29, 1.82) is 0 Å². The van der Waals surface area contributed by atoms with Crippen LogP contribution in [0.5, 0.6) is 0 Å². The van der Waals surface area contributed by atoms with Crippen LogP contribution in [0.25, 0.3) is 0 Å². The molecular formula is C18H23NO4S. The van der Waals surface area contributed by atoms with Crippen LogP contribution in [-0.4, -0.2) is 20.2 Å². The molecule has 3 rings (SSSR count). The monoisotopic (exact) mass is 349 g/mol. The van der Waals surface area contributed by atoms with Crippen LogP contribution in [0.4, 0.5) is 0 Å². The lowest BCUT2D eigenvalue weighted by Gasteiger charge is -2.22. The maximum atomic E-state index is 11.9. The summed E-state index contributed by atoms with van der Waals surface area (Å²) in [6, 6.07) is 7.15. The number of benzene rings is 1. The van der Waals surface area contributed by atoms with Crippen molar-refractivity contribution in [2.45, 2.75) is 55.8 Å². The highest BCUT2D eigenvalue weighted by Crippen LogP contribution is 2.35. The number of nitrogens with one attached hydrogen (secondary N) is 1. The maximum Gasteiger partial charge on any atom is 0.230 e. The molecule has 0 radical (unpaired) electrons. The van der Waals surface area contributed by atoms with E-state index in [0.29, 0.717) is 10.8 Å². The zero-order chi connectivity index (χ0) is 17.1. The number of carbonyl (C=O) groups excluding carboxylic acids is 2. The Labute approximate surface area is 143 Å². The maximum absolute atomic E-state index is 11.9. The molecule has 1 heterocycles. The minimum atomic E-state index is -2.53. The summed E-state index contributed by atoms with van der Waals surface area (Å²) in [7, 11) is -2.53. The molecule has 2 aliphatic rings. The van der Waals surface area contributed by atoms with Crippen LogP contribution in [0, 0.1) is 11.8 Å². The van der Waals surface area contributed by atoms with Crippen LogP contribution in [-0.2, 0) is 20.3 Å².